The van der Waals surface area contributed by atoms with E-state index in [9.17, 15) is 14.4 Å². The number of anilines is 1. The summed E-state index contributed by atoms with van der Waals surface area (Å²) in [5.74, 6) is -0.979. The van der Waals surface area contributed by atoms with Crippen molar-refractivity contribution < 1.29 is 14.4 Å². The molecule has 1 aliphatic heterocycles. The van der Waals surface area contributed by atoms with Gasteiger partial charge in [-0.15, -0.1) is 11.3 Å². The topological polar surface area (TPSA) is 118 Å². The molecule has 4 amide bonds. The molecule has 1 saturated heterocycles. The SMILES string of the molecule is N#Cc1ccsc1NC(=O)CN1C(=O)NC(Cc2c[nH]c3ccccc23)C1=O. The highest BCUT2D eigenvalue weighted by Crippen LogP contribution is 2.23. The first-order valence-electron chi connectivity index (χ1n) is 8.51. The first kappa shape index (κ1) is 17.8. The molecule has 0 bridgehead atoms. The van der Waals surface area contributed by atoms with Gasteiger partial charge in [0.2, 0.25) is 5.91 Å². The maximum Gasteiger partial charge on any atom is 0.325 e. The van der Waals surface area contributed by atoms with Gasteiger partial charge in [-0.3, -0.25) is 14.5 Å². The number of para-hydroxylation sites is 1. The number of aromatic amines is 1. The molecule has 0 spiro atoms. The molecule has 9 heteroatoms. The predicted octanol–water partition coefficient (Wildman–Crippen LogP) is 2.20. The standard InChI is InChI=1S/C19H15N5O3S/c20-8-11-5-6-28-17(11)23-16(25)10-24-18(26)15(22-19(24)27)7-12-9-21-14-4-2-1-3-13(12)14/h1-6,9,15,21H,7,10H2,(H,22,27)(H,23,25). The van der Waals surface area contributed by atoms with Gasteiger partial charge in [-0.1, -0.05) is 18.2 Å². The average molecular weight is 393 g/mol. The van der Waals surface area contributed by atoms with Gasteiger partial charge in [0.1, 0.15) is 23.7 Å². The second kappa shape index (κ2) is 7.17. The molecule has 3 aromatic rings. The summed E-state index contributed by atoms with van der Waals surface area (Å²) in [5.41, 5.74) is 2.21. The van der Waals surface area contributed by atoms with Crippen LogP contribution in [0.3, 0.4) is 0 Å². The third-order valence-electron chi connectivity index (χ3n) is 4.55. The summed E-state index contributed by atoms with van der Waals surface area (Å²) >= 11 is 1.20. The lowest BCUT2D eigenvalue weighted by atomic mass is 10.1. The number of amides is 4. The lowest BCUT2D eigenvalue weighted by Crippen LogP contribution is -2.38. The van der Waals surface area contributed by atoms with Crippen LogP contribution in [0.25, 0.3) is 10.9 Å². The number of urea groups is 1. The minimum absolute atomic E-state index is 0.330. The molecular weight excluding hydrogens is 378 g/mol. The van der Waals surface area contributed by atoms with Gasteiger partial charge in [0.15, 0.2) is 0 Å². The Labute approximate surface area is 163 Å². The van der Waals surface area contributed by atoms with Crippen molar-refractivity contribution in [1.82, 2.24) is 15.2 Å². The first-order valence-corrected chi connectivity index (χ1v) is 9.39. The van der Waals surface area contributed by atoms with Gasteiger partial charge in [0.05, 0.1) is 5.56 Å². The van der Waals surface area contributed by atoms with E-state index >= 15 is 0 Å². The molecule has 1 unspecified atom stereocenters. The molecule has 1 aliphatic rings. The Morgan fingerprint density at radius 3 is 2.93 bits per heavy atom. The van der Waals surface area contributed by atoms with Crippen LogP contribution >= 0.6 is 11.3 Å². The molecule has 2 aromatic heterocycles. The van der Waals surface area contributed by atoms with Crippen LogP contribution in [0.1, 0.15) is 11.1 Å². The molecular formula is C19H15N5O3S. The second-order valence-corrected chi connectivity index (χ2v) is 7.23. The van der Waals surface area contributed by atoms with E-state index in [4.69, 9.17) is 5.26 Å². The van der Waals surface area contributed by atoms with Gasteiger partial charge in [0.25, 0.3) is 5.91 Å². The second-order valence-electron chi connectivity index (χ2n) is 6.31. The predicted molar refractivity (Wildman–Crippen MR) is 104 cm³/mol. The molecule has 3 heterocycles. The summed E-state index contributed by atoms with van der Waals surface area (Å²) in [6.07, 6.45) is 2.15. The van der Waals surface area contributed by atoms with Crippen molar-refractivity contribution in [2.24, 2.45) is 0 Å². The number of carbonyl (C=O) groups excluding carboxylic acids is 3. The van der Waals surface area contributed by atoms with E-state index in [0.717, 1.165) is 21.4 Å². The molecule has 0 radical (unpaired) electrons. The molecule has 140 valence electrons. The van der Waals surface area contributed by atoms with Crippen LogP contribution < -0.4 is 10.6 Å². The molecule has 1 atom stereocenters. The number of carbonyl (C=O) groups is 3. The van der Waals surface area contributed by atoms with Crippen LogP contribution in [-0.2, 0) is 16.0 Å². The monoisotopic (exact) mass is 393 g/mol. The molecule has 28 heavy (non-hydrogen) atoms. The van der Waals surface area contributed by atoms with E-state index in [1.165, 1.54) is 11.3 Å². The van der Waals surface area contributed by atoms with Gasteiger partial charge in [-0.2, -0.15) is 5.26 Å². The Morgan fingerprint density at radius 2 is 2.11 bits per heavy atom. The fourth-order valence-electron chi connectivity index (χ4n) is 3.19. The summed E-state index contributed by atoms with van der Waals surface area (Å²) in [6, 6.07) is 9.94. The minimum Gasteiger partial charge on any atom is -0.361 e. The number of nitrogens with zero attached hydrogens (tertiary/aromatic N) is 2. The lowest BCUT2D eigenvalue weighted by molar-refractivity contribution is -0.130. The van der Waals surface area contributed by atoms with Crippen LogP contribution in [-0.4, -0.2) is 40.3 Å². The van der Waals surface area contributed by atoms with Crippen molar-refractivity contribution in [3.8, 4) is 6.07 Å². The van der Waals surface area contributed by atoms with Crippen molar-refractivity contribution in [1.29, 1.82) is 5.26 Å². The van der Waals surface area contributed by atoms with E-state index in [2.05, 4.69) is 15.6 Å². The van der Waals surface area contributed by atoms with Crippen molar-refractivity contribution in [2.45, 2.75) is 12.5 Å². The molecule has 3 N–H and O–H groups in total. The quantitative estimate of drug-likeness (QED) is 0.576. The number of nitriles is 1. The zero-order valence-electron chi connectivity index (χ0n) is 14.6. The maximum atomic E-state index is 12.6. The number of fused-ring (bicyclic) bond motifs is 1. The van der Waals surface area contributed by atoms with E-state index in [1.54, 1.807) is 11.4 Å². The van der Waals surface area contributed by atoms with Crippen LogP contribution in [0.2, 0.25) is 0 Å². The number of rotatable bonds is 5. The molecule has 0 saturated carbocycles. The number of hydrogen-bond donors (Lipinski definition) is 3. The van der Waals surface area contributed by atoms with Gasteiger partial charge in [-0.25, -0.2) is 4.79 Å². The van der Waals surface area contributed by atoms with Crippen molar-refractivity contribution in [3.05, 3.63) is 53.0 Å². The Hall–Kier alpha value is -3.64. The fraction of sp³-hybridized carbons (Fsp3) is 0.158. The zero-order valence-corrected chi connectivity index (χ0v) is 15.4. The van der Waals surface area contributed by atoms with Crippen LogP contribution in [0.5, 0.6) is 0 Å². The Bertz CT molecular complexity index is 1130. The third-order valence-corrected chi connectivity index (χ3v) is 5.38. The van der Waals surface area contributed by atoms with Gasteiger partial charge in [-0.05, 0) is 23.1 Å². The Morgan fingerprint density at radius 1 is 1.29 bits per heavy atom. The molecule has 0 aliphatic carbocycles. The summed E-state index contributed by atoms with van der Waals surface area (Å²) in [4.78, 5) is 41.1. The maximum absolute atomic E-state index is 12.6. The highest BCUT2D eigenvalue weighted by molar-refractivity contribution is 7.14. The van der Waals surface area contributed by atoms with Crippen LogP contribution in [0.15, 0.2) is 41.9 Å². The van der Waals surface area contributed by atoms with E-state index < -0.39 is 30.4 Å². The average Bonchev–Trinajstić information content (AvgIpc) is 3.37. The number of nitrogens with one attached hydrogen (secondary N) is 3. The smallest absolute Gasteiger partial charge is 0.325 e. The summed E-state index contributed by atoms with van der Waals surface area (Å²) in [7, 11) is 0. The minimum atomic E-state index is -0.726. The molecule has 4 rings (SSSR count). The largest absolute Gasteiger partial charge is 0.361 e. The highest BCUT2D eigenvalue weighted by Gasteiger charge is 2.39. The number of benzene rings is 1. The van der Waals surface area contributed by atoms with Gasteiger partial charge < -0.3 is 15.6 Å². The van der Waals surface area contributed by atoms with Crippen LogP contribution in [0, 0.1) is 11.3 Å². The number of thiophene rings is 1. The van der Waals surface area contributed by atoms with Crippen molar-refractivity contribution in [2.75, 3.05) is 11.9 Å². The Balaban J connectivity index is 1.44. The normalized spacial score (nSPS) is 16.2. The number of hydrogen-bond acceptors (Lipinski definition) is 5. The summed E-state index contributed by atoms with van der Waals surface area (Å²) < 4.78 is 0. The molecule has 8 nitrogen and oxygen atoms in total. The van der Waals surface area contributed by atoms with Gasteiger partial charge >= 0.3 is 6.03 Å². The van der Waals surface area contributed by atoms with E-state index in [-0.39, 0.29) is 0 Å². The fourth-order valence-corrected chi connectivity index (χ4v) is 3.94. The highest BCUT2D eigenvalue weighted by atomic mass is 32.1. The van der Waals surface area contributed by atoms with E-state index in [0.29, 0.717) is 17.0 Å². The van der Waals surface area contributed by atoms with E-state index in [1.807, 2.05) is 36.5 Å². The number of imide groups is 1. The number of aromatic nitrogens is 1. The Kier molecular flexibility index (Phi) is 4.55. The van der Waals surface area contributed by atoms with Crippen LogP contribution in [0.4, 0.5) is 9.80 Å². The summed E-state index contributed by atoms with van der Waals surface area (Å²) in [6.45, 7) is -0.405. The molecule has 1 aromatic carbocycles. The third kappa shape index (κ3) is 3.21. The lowest BCUT2D eigenvalue weighted by Gasteiger charge is -2.12. The first-order chi connectivity index (χ1) is 13.6. The summed E-state index contributed by atoms with van der Waals surface area (Å²) in [5, 5.41) is 17.3. The molecule has 1 fully saturated rings. The zero-order chi connectivity index (χ0) is 19.7. The van der Waals surface area contributed by atoms with Crippen molar-refractivity contribution in [3.63, 3.8) is 0 Å². The van der Waals surface area contributed by atoms with Gasteiger partial charge in [0, 0.05) is 23.5 Å². The van der Waals surface area contributed by atoms with Crippen molar-refractivity contribution >= 4 is 45.1 Å². The number of H-pyrrole nitrogens is 1.